The van der Waals surface area contributed by atoms with Gasteiger partial charge in [-0.15, -0.1) is 0 Å². The van der Waals surface area contributed by atoms with Gasteiger partial charge in [-0.1, -0.05) is 0 Å². The average molecular weight is 277 g/mol. The zero-order valence-corrected chi connectivity index (χ0v) is 10.3. The molecular weight excluding hydrogens is 264 g/mol. The van der Waals surface area contributed by atoms with Crippen LogP contribution in [0.4, 0.5) is 0 Å². The highest BCUT2D eigenvalue weighted by atomic mass is 79.9. The third kappa shape index (κ3) is 2.03. The number of aliphatic hydroxyl groups is 1. The van der Waals surface area contributed by atoms with E-state index in [1.165, 1.54) is 12.8 Å². The van der Waals surface area contributed by atoms with Gasteiger partial charge in [-0.2, -0.15) is 11.3 Å². The fourth-order valence-electron chi connectivity index (χ4n) is 1.68. The Morgan fingerprint density at radius 2 is 2.29 bits per heavy atom. The molecular formula is C10H13BrO2S. The molecule has 1 aliphatic carbocycles. The molecule has 0 spiro atoms. The van der Waals surface area contributed by atoms with Crippen LogP contribution in [-0.2, 0) is 4.74 Å². The first-order chi connectivity index (χ1) is 6.74. The number of halogens is 1. The molecule has 2 atom stereocenters. The van der Waals surface area contributed by atoms with Crippen LogP contribution in [0.1, 0.15) is 24.5 Å². The van der Waals surface area contributed by atoms with E-state index in [0.717, 1.165) is 10.0 Å². The summed E-state index contributed by atoms with van der Waals surface area (Å²) in [7, 11) is 1.67. The lowest BCUT2D eigenvalue weighted by atomic mass is 10.0. The van der Waals surface area contributed by atoms with E-state index in [-0.39, 0.29) is 6.10 Å². The third-order valence-electron chi connectivity index (χ3n) is 2.63. The summed E-state index contributed by atoms with van der Waals surface area (Å²) in [6.07, 6.45) is 1.82. The number of hydrogen-bond donors (Lipinski definition) is 1. The van der Waals surface area contributed by atoms with Crippen LogP contribution >= 0.6 is 27.3 Å². The van der Waals surface area contributed by atoms with Gasteiger partial charge in [0.15, 0.2) is 0 Å². The minimum absolute atomic E-state index is 0.0408. The summed E-state index contributed by atoms with van der Waals surface area (Å²) in [6.45, 7) is 0. The van der Waals surface area contributed by atoms with Crippen molar-refractivity contribution in [3.05, 3.63) is 20.8 Å². The number of methoxy groups -OCH3 is 1. The van der Waals surface area contributed by atoms with Gasteiger partial charge in [0, 0.05) is 22.5 Å². The predicted molar refractivity (Wildman–Crippen MR) is 60.5 cm³/mol. The van der Waals surface area contributed by atoms with Crippen LogP contribution < -0.4 is 0 Å². The molecule has 1 fully saturated rings. The highest BCUT2D eigenvalue weighted by Gasteiger charge is 2.37. The van der Waals surface area contributed by atoms with E-state index in [0.29, 0.717) is 5.92 Å². The van der Waals surface area contributed by atoms with Crippen molar-refractivity contribution < 1.29 is 9.84 Å². The van der Waals surface area contributed by atoms with Crippen LogP contribution in [-0.4, -0.2) is 18.3 Å². The topological polar surface area (TPSA) is 29.5 Å². The molecule has 14 heavy (non-hydrogen) atoms. The highest BCUT2D eigenvalue weighted by Crippen LogP contribution is 2.41. The first-order valence-corrected chi connectivity index (χ1v) is 6.40. The SMILES string of the molecule is COC(C1CC1)C(O)c1cscc1Br. The second-order valence-electron chi connectivity index (χ2n) is 3.66. The third-order valence-corrected chi connectivity index (χ3v) is 4.38. The normalized spacial score (nSPS) is 20.8. The lowest BCUT2D eigenvalue weighted by Gasteiger charge is -2.20. The highest BCUT2D eigenvalue weighted by molar-refractivity contribution is 9.10. The van der Waals surface area contributed by atoms with E-state index in [2.05, 4.69) is 15.9 Å². The van der Waals surface area contributed by atoms with Gasteiger partial charge in [0.25, 0.3) is 0 Å². The maximum Gasteiger partial charge on any atom is 0.107 e. The molecule has 2 rings (SSSR count). The van der Waals surface area contributed by atoms with E-state index < -0.39 is 6.10 Å². The Balaban J connectivity index is 2.13. The summed E-state index contributed by atoms with van der Waals surface area (Å²) in [4.78, 5) is 0. The zero-order chi connectivity index (χ0) is 10.1. The van der Waals surface area contributed by atoms with Gasteiger partial charge in [0.1, 0.15) is 6.10 Å². The van der Waals surface area contributed by atoms with Crippen LogP contribution in [0.5, 0.6) is 0 Å². The van der Waals surface area contributed by atoms with Crippen molar-refractivity contribution in [2.75, 3.05) is 7.11 Å². The molecule has 0 bridgehead atoms. The Morgan fingerprint density at radius 3 is 2.71 bits per heavy atom. The largest absolute Gasteiger partial charge is 0.386 e. The van der Waals surface area contributed by atoms with E-state index in [1.54, 1.807) is 18.4 Å². The molecule has 1 aromatic rings. The van der Waals surface area contributed by atoms with Crippen molar-refractivity contribution in [3.8, 4) is 0 Å². The lowest BCUT2D eigenvalue weighted by molar-refractivity contribution is -0.0260. The van der Waals surface area contributed by atoms with E-state index in [4.69, 9.17) is 4.74 Å². The monoisotopic (exact) mass is 276 g/mol. The van der Waals surface area contributed by atoms with Gasteiger partial charge in [0.05, 0.1) is 6.10 Å². The van der Waals surface area contributed by atoms with Crippen molar-refractivity contribution in [3.63, 3.8) is 0 Å². The summed E-state index contributed by atoms with van der Waals surface area (Å²) in [5, 5.41) is 14.1. The van der Waals surface area contributed by atoms with E-state index in [9.17, 15) is 5.11 Å². The molecule has 1 aliphatic rings. The molecule has 4 heteroatoms. The molecule has 1 saturated carbocycles. The van der Waals surface area contributed by atoms with E-state index >= 15 is 0 Å². The van der Waals surface area contributed by atoms with Crippen LogP contribution in [0, 0.1) is 5.92 Å². The van der Waals surface area contributed by atoms with Crippen LogP contribution in [0.3, 0.4) is 0 Å². The van der Waals surface area contributed by atoms with Crippen molar-refractivity contribution in [2.24, 2.45) is 5.92 Å². The van der Waals surface area contributed by atoms with Crippen molar-refractivity contribution >= 4 is 27.3 Å². The summed E-state index contributed by atoms with van der Waals surface area (Å²) in [5.74, 6) is 0.543. The molecule has 78 valence electrons. The van der Waals surface area contributed by atoms with Crippen LogP contribution in [0.25, 0.3) is 0 Å². The Labute approximate surface area is 96.0 Å². The molecule has 2 nitrogen and oxygen atoms in total. The Hall–Kier alpha value is 0.100. The van der Waals surface area contributed by atoms with Crippen LogP contribution in [0.2, 0.25) is 0 Å². The fourth-order valence-corrected chi connectivity index (χ4v) is 3.24. The standard InChI is InChI=1S/C10H13BrO2S/c1-13-10(6-2-3-6)9(12)7-4-14-5-8(7)11/h4-6,9-10,12H,2-3H2,1H3. The van der Waals surface area contributed by atoms with Gasteiger partial charge in [-0.3, -0.25) is 0 Å². The Morgan fingerprint density at radius 1 is 1.57 bits per heavy atom. The number of hydrogen-bond acceptors (Lipinski definition) is 3. The van der Waals surface area contributed by atoms with Gasteiger partial charge in [0.2, 0.25) is 0 Å². The lowest BCUT2D eigenvalue weighted by Crippen LogP contribution is -2.22. The molecule has 0 radical (unpaired) electrons. The maximum atomic E-state index is 10.1. The minimum atomic E-state index is -0.492. The quantitative estimate of drug-likeness (QED) is 0.916. The van der Waals surface area contributed by atoms with Gasteiger partial charge < -0.3 is 9.84 Å². The predicted octanol–water partition coefficient (Wildman–Crippen LogP) is 2.97. The second kappa shape index (κ2) is 4.31. The first kappa shape index (κ1) is 10.6. The summed E-state index contributed by atoms with van der Waals surface area (Å²) < 4.78 is 6.33. The summed E-state index contributed by atoms with van der Waals surface area (Å²) in [6, 6.07) is 0. The molecule has 0 amide bonds. The Bertz CT molecular complexity index is 309. The smallest absolute Gasteiger partial charge is 0.107 e. The molecule has 1 heterocycles. The van der Waals surface area contributed by atoms with Crippen molar-refractivity contribution in [1.29, 1.82) is 0 Å². The summed E-state index contributed by atoms with van der Waals surface area (Å²) >= 11 is 5.02. The van der Waals surface area contributed by atoms with Gasteiger partial charge in [-0.25, -0.2) is 0 Å². The number of ether oxygens (including phenoxy) is 1. The molecule has 0 saturated heterocycles. The fraction of sp³-hybridized carbons (Fsp3) is 0.600. The van der Waals surface area contributed by atoms with Crippen LogP contribution in [0.15, 0.2) is 15.2 Å². The second-order valence-corrected chi connectivity index (χ2v) is 5.26. The molecule has 1 N–H and O–H groups in total. The number of aliphatic hydroxyl groups excluding tert-OH is 1. The minimum Gasteiger partial charge on any atom is -0.386 e. The maximum absolute atomic E-state index is 10.1. The molecule has 1 aromatic heterocycles. The number of thiophene rings is 1. The number of rotatable bonds is 4. The molecule has 0 aromatic carbocycles. The van der Waals surface area contributed by atoms with Crippen molar-refractivity contribution in [1.82, 2.24) is 0 Å². The average Bonchev–Trinajstić information content (AvgIpc) is 2.90. The molecule has 2 unspecified atom stereocenters. The first-order valence-electron chi connectivity index (χ1n) is 4.66. The molecule has 0 aliphatic heterocycles. The summed E-state index contributed by atoms with van der Waals surface area (Å²) in [5.41, 5.74) is 0.953. The van der Waals surface area contributed by atoms with Gasteiger partial charge >= 0.3 is 0 Å². The van der Waals surface area contributed by atoms with Crippen molar-refractivity contribution in [2.45, 2.75) is 25.0 Å². The zero-order valence-electron chi connectivity index (χ0n) is 7.94. The van der Waals surface area contributed by atoms with Gasteiger partial charge in [-0.05, 0) is 40.1 Å². The van der Waals surface area contributed by atoms with E-state index in [1.807, 2.05) is 10.8 Å². The Kier molecular flexibility index (Phi) is 3.27.